The lowest BCUT2D eigenvalue weighted by Crippen LogP contribution is -2.43. The maximum atomic E-state index is 12.0. The first-order chi connectivity index (χ1) is 8.03. The lowest BCUT2D eigenvalue weighted by molar-refractivity contribution is -0.131. The number of carbonyl (C=O) groups is 1. The van der Waals surface area contributed by atoms with E-state index in [-0.39, 0.29) is 5.91 Å². The van der Waals surface area contributed by atoms with E-state index in [0.717, 1.165) is 21.5 Å². The summed E-state index contributed by atoms with van der Waals surface area (Å²) in [6, 6.07) is 5.62. The van der Waals surface area contributed by atoms with E-state index in [1.165, 1.54) is 0 Å². The number of carbonyl (C=O) groups excluding carboxylic acids is 1. The highest BCUT2D eigenvalue weighted by Gasteiger charge is 2.39. The topological polar surface area (TPSA) is 49.3 Å². The molecule has 1 atom stereocenters. The number of thioether (sulfide) groups is 1. The predicted molar refractivity (Wildman–Crippen MR) is 74.4 cm³/mol. The summed E-state index contributed by atoms with van der Waals surface area (Å²) in [5, 5.41) is 12.9. The summed E-state index contributed by atoms with van der Waals surface area (Å²) in [7, 11) is 0. The molecule has 1 heterocycles. The van der Waals surface area contributed by atoms with Crippen molar-refractivity contribution in [3.63, 3.8) is 0 Å². The third kappa shape index (κ3) is 2.67. The number of hydrogen-bond acceptors (Lipinski definition) is 3. The summed E-state index contributed by atoms with van der Waals surface area (Å²) in [6.45, 7) is 1.92. The zero-order chi connectivity index (χ0) is 12.5. The summed E-state index contributed by atoms with van der Waals surface area (Å²) in [5.41, 5.74) is 0.504. The first-order valence-electron chi connectivity index (χ1n) is 5.40. The van der Waals surface area contributed by atoms with Gasteiger partial charge in [-0.05, 0) is 36.8 Å². The summed E-state index contributed by atoms with van der Waals surface area (Å²) in [4.78, 5) is 12.0. The Kier molecular flexibility index (Phi) is 3.80. The molecular formula is C12H14BrNO2S. The first kappa shape index (κ1) is 12.9. The largest absolute Gasteiger partial charge is 0.379 e. The van der Waals surface area contributed by atoms with Gasteiger partial charge < -0.3 is 10.4 Å². The first-order valence-corrected chi connectivity index (χ1v) is 7.34. The van der Waals surface area contributed by atoms with Crippen LogP contribution in [0.5, 0.6) is 0 Å². The maximum absolute atomic E-state index is 12.0. The fourth-order valence-electron chi connectivity index (χ4n) is 1.71. The Morgan fingerprint density at radius 1 is 1.59 bits per heavy atom. The highest BCUT2D eigenvalue weighted by atomic mass is 79.9. The molecule has 17 heavy (non-hydrogen) atoms. The quantitative estimate of drug-likeness (QED) is 0.882. The molecule has 5 heteroatoms. The van der Waals surface area contributed by atoms with Crippen LogP contribution in [-0.2, 0) is 4.79 Å². The Bertz CT molecular complexity index is 444. The van der Waals surface area contributed by atoms with Gasteiger partial charge >= 0.3 is 0 Å². The van der Waals surface area contributed by atoms with Gasteiger partial charge in [-0.3, -0.25) is 4.79 Å². The molecule has 1 amide bonds. The van der Waals surface area contributed by atoms with Crippen LogP contribution in [-0.4, -0.2) is 28.1 Å². The minimum Gasteiger partial charge on any atom is -0.379 e. The van der Waals surface area contributed by atoms with Gasteiger partial charge in [-0.1, -0.05) is 22.0 Å². The minimum atomic E-state index is -1.21. The lowest BCUT2D eigenvalue weighted by atomic mass is 10.0. The van der Waals surface area contributed by atoms with Crippen LogP contribution in [0.15, 0.2) is 22.7 Å². The fraction of sp³-hybridized carbons (Fsp3) is 0.417. The number of nitrogens with one attached hydrogen (secondary N) is 1. The molecule has 1 fully saturated rings. The van der Waals surface area contributed by atoms with Gasteiger partial charge in [-0.15, -0.1) is 0 Å². The van der Waals surface area contributed by atoms with Gasteiger partial charge in [0.05, 0.1) is 0 Å². The molecule has 0 aromatic heterocycles. The molecule has 1 unspecified atom stereocenters. The van der Waals surface area contributed by atoms with E-state index in [9.17, 15) is 9.90 Å². The zero-order valence-electron chi connectivity index (χ0n) is 9.50. The summed E-state index contributed by atoms with van der Waals surface area (Å²) in [5.74, 6) is 1.01. The van der Waals surface area contributed by atoms with E-state index >= 15 is 0 Å². The lowest BCUT2D eigenvalue weighted by Gasteiger charge is -2.21. The molecule has 2 N–H and O–H groups in total. The maximum Gasteiger partial charge on any atom is 0.257 e. The third-order valence-corrected chi connectivity index (χ3v) is 4.97. The summed E-state index contributed by atoms with van der Waals surface area (Å²) >= 11 is 5.02. The Morgan fingerprint density at radius 3 is 3.00 bits per heavy atom. The predicted octanol–water partition coefficient (Wildman–Crippen LogP) is 2.56. The summed E-state index contributed by atoms with van der Waals surface area (Å²) < 4.78 is 0.947. The Hall–Kier alpha value is -0.520. The highest BCUT2D eigenvalue weighted by Crippen LogP contribution is 2.30. The second-order valence-electron chi connectivity index (χ2n) is 4.20. The molecule has 3 nitrogen and oxygen atoms in total. The van der Waals surface area contributed by atoms with E-state index in [2.05, 4.69) is 21.2 Å². The fourth-order valence-corrected chi connectivity index (χ4v) is 3.32. The van der Waals surface area contributed by atoms with Crippen LogP contribution in [0.1, 0.15) is 12.0 Å². The van der Waals surface area contributed by atoms with E-state index < -0.39 is 5.60 Å². The van der Waals surface area contributed by atoms with Crippen LogP contribution in [0.4, 0.5) is 5.69 Å². The van der Waals surface area contributed by atoms with Gasteiger partial charge in [0.25, 0.3) is 5.91 Å². The van der Waals surface area contributed by atoms with Crippen LogP contribution in [0.25, 0.3) is 0 Å². The van der Waals surface area contributed by atoms with Crippen molar-refractivity contribution in [2.24, 2.45) is 0 Å². The summed E-state index contributed by atoms with van der Waals surface area (Å²) in [6.07, 6.45) is 0.524. The third-order valence-electron chi connectivity index (χ3n) is 2.94. The smallest absolute Gasteiger partial charge is 0.257 e. The molecule has 0 saturated carbocycles. The number of hydrogen-bond donors (Lipinski definition) is 2. The standard InChI is InChI=1S/C12H14BrNO2S/c1-8-9(13)3-2-4-10(8)14-11(15)12(16)5-6-17-7-12/h2-4,16H,5-7H2,1H3,(H,14,15). The van der Waals surface area contributed by atoms with Crippen LogP contribution in [0.3, 0.4) is 0 Å². The van der Waals surface area contributed by atoms with Crippen molar-refractivity contribution in [1.82, 2.24) is 0 Å². The van der Waals surface area contributed by atoms with Crippen molar-refractivity contribution in [1.29, 1.82) is 0 Å². The molecule has 1 aliphatic heterocycles. The van der Waals surface area contributed by atoms with E-state index in [0.29, 0.717) is 12.2 Å². The molecule has 0 radical (unpaired) electrons. The molecule has 0 aliphatic carbocycles. The highest BCUT2D eigenvalue weighted by molar-refractivity contribution is 9.10. The minimum absolute atomic E-state index is 0.302. The average molecular weight is 316 g/mol. The second-order valence-corrected chi connectivity index (χ2v) is 6.16. The van der Waals surface area contributed by atoms with E-state index in [4.69, 9.17) is 0 Å². The van der Waals surface area contributed by atoms with Crippen molar-refractivity contribution >= 4 is 39.3 Å². The van der Waals surface area contributed by atoms with E-state index in [1.54, 1.807) is 11.8 Å². The van der Waals surface area contributed by atoms with Crippen LogP contribution < -0.4 is 5.32 Å². The van der Waals surface area contributed by atoms with Gasteiger partial charge in [-0.25, -0.2) is 0 Å². The molecule has 2 rings (SSSR count). The zero-order valence-corrected chi connectivity index (χ0v) is 11.9. The molecule has 1 saturated heterocycles. The normalized spacial score (nSPS) is 23.7. The number of anilines is 1. The molecule has 92 valence electrons. The van der Waals surface area contributed by atoms with Gasteiger partial charge in [0.1, 0.15) is 0 Å². The van der Waals surface area contributed by atoms with Gasteiger partial charge in [0.2, 0.25) is 0 Å². The molecule has 1 aliphatic rings. The van der Waals surface area contributed by atoms with Crippen molar-refractivity contribution in [2.75, 3.05) is 16.8 Å². The van der Waals surface area contributed by atoms with Gasteiger partial charge in [-0.2, -0.15) is 11.8 Å². The second kappa shape index (κ2) is 5.00. The molecule has 1 aromatic carbocycles. The van der Waals surface area contributed by atoms with Crippen molar-refractivity contribution in [2.45, 2.75) is 18.9 Å². The van der Waals surface area contributed by atoms with Crippen LogP contribution in [0.2, 0.25) is 0 Å². The van der Waals surface area contributed by atoms with Crippen molar-refractivity contribution < 1.29 is 9.90 Å². The van der Waals surface area contributed by atoms with Crippen molar-refractivity contribution in [3.05, 3.63) is 28.2 Å². The average Bonchev–Trinajstić information content (AvgIpc) is 2.73. The number of halogens is 1. The molecule has 1 aromatic rings. The molecular weight excluding hydrogens is 302 g/mol. The monoisotopic (exact) mass is 315 g/mol. The Morgan fingerprint density at radius 2 is 2.35 bits per heavy atom. The molecule has 0 bridgehead atoms. The molecule has 0 spiro atoms. The number of aliphatic hydroxyl groups is 1. The number of benzene rings is 1. The van der Waals surface area contributed by atoms with Gasteiger partial charge in [0, 0.05) is 15.9 Å². The number of rotatable bonds is 2. The van der Waals surface area contributed by atoms with Crippen molar-refractivity contribution in [3.8, 4) is 0 Å². The number of amides is 1. The Labute approximate surface area is 113 Å². The van der Waals surface area contributed by atoms with Crippen LogP contribution in [0, 0.1) is 6.92 Å². The SMILES string of the molecule is Cc1c(Br)cccc1NC(=O)C1(O)CCSC1. The van der Waals surface area contributed by atoms with Gasteiger partial charge in [0.15, 0.2) is 5.60 Å². The van der Waals surface area contributed by atoms with E-state index in [1.807, 2.05) is 25.1 Å². The van der Waals surface area contributed by atoms with Crippen LogP contribution >= 0.6 is 27.7 Å². The Balaban J connectivity index is 2.16.